The van der Waals surface area contributed by atoms with Crippen LogP contribution in [0.1, 0.15) is 128 Å². The molecule has 3 nitrogen and oxygen atoms in total. The second kappa shape index (κ2) is 18.3. The number of anilines is 1. The Hall–Kier alpha value is -1.51. The standard InChI is InChI=1S/C27H48N2O/c1-3-5-7-9-11-13-15-17-20-24-21-19-23-26(29-27(28)30)25(24)22-18-16-14-12-10-8-6-4-2/h19,21,23H,3-18,20,22H2,1-2H3,(H3,28,29,30). The van der Waals surface area contributed by atoms with Crippen molar-refractivity contribution in [2.75, 3.05) is 5.32 Å². The van der Waals surface area contributed by atoms with Crippen molar-refractivity contribution in [1.82, 2.24) is 0 Å². The number of nitrogens with one attached hydrogen (secondary N) is 1. The predicted octanol–water partition coefficient (Wildman–Crippen LogP) is 8.54. The third kappa shape index (κ3) is 12.9. The molecule has 0 aliphatic rings. The fraction of sp³-hybridized carbons (Fsp3) is 0.741. The first-order valence-electron chi connectivity index (χ1n) is 12.9. The molecule has 0 saturated heterocycles. The molecule has 3 N–H and O–H groups in total. The Labute approximate surface area is 186 Å². The number of hydrogen-bond acceptors (Lipinski definition) is 1. The Kier molecular flexibility index (Phi) is 16.2. The number of hydrogen-bond donors (Lipinski definition) is 2. The van der Waals surface area contributed by atoms with Crippen molar-refractivity contribution >= 4 is 11.7 Å². The number of rotatable bonds is 19. The molecular weight excluding hydrogens is 368 g/mol. The van der Waals surface area contributed by atoms with Crippen molar-refractivity contribution in [2.24, 2.45) is 5.73 Å². The first-order chi connectivity index (χ1) is 14.7. The van der Waals surface area contributed by atoms with E-state index in [0.717, 1.165) is 18.5 Å². The molecule has 1 aromatic carbocycles. The zero-order valence-electron chi connectivity index (χ0n) is 19.9. The van der Waals surface area contributed by atoms with E-state index in [9.17, 15) is 4.79 Å². The van der Waals surface area contributed by atoms with Crippen molar-refractivity contribution in [2.45, 2.75) is 129 Å². The molecule has 172 valence electrons. The van der Waals surface area contributed by atoms with E-state index in [0.29, 0.717) is 0 Å². The summed E-state index contributed by atoms with van der Waals surface area (Å²) in [5.41, 5.74) is 9.05. The van der Waals surface area contributed by atoms with E-state index in [2.05, 4.69) is 31.3 Å². The fourth-order valence-electron chi connectivity index (χ4n) is 4.30. The number of carbonyl (C=O) groups is 1. The lowest BCUT2D eigenvalue weighted by atomic mass is 9.94. The normalized spacial score (nSPS) is 11.0. The van der Waals surface area contributed by atoms with Gasteiger partial charge in [0.1, 0.15) is 0 Å². The van der Waals surface area contributed by atoms with Crippen molar-refractivity contribution < 1.29 is 4.79 Å². The lowest BCUT2D eigenvalue weighted by Crippen LogP contribution is -2.20. The number of benzene rings is 1. The van der Waals surface area contributed by atoms with Gasteiger partial charge in [0, 0.05) is 5.69 Å². The van der Waals surface area contributed by atoms with Crippen LogP contribution in [0.15, 0.2) is 18.2 Å². The molecule has 30 heavy (non-hydrogen) atoms. The second-order valence-electron chi connectivity index (χ2n) is 8.88. The summed E-state index contributed by atoms with van der Waals surface area (Å²) >= 11 is 0. The summed E-state index contributed by atoms with van der Waals surface area (Å²) in [6.07, 6.45) is 23.4. The molecule has 0 aliphatic heterocycles. The lowest BCUT2D eigenvalue weighted by molar-refractivity contribution is 0.259. The van der Waals surface area contributed by atoms with E-state index in [1.54, 1.807) is 0 Å². The molecule has 0 heterocycles. The largest absolute Gasteiger partial charge is 0.351 e. The Morgan fingerprint density at radius 3 is 1.67 bits per heavy atom. The first-order valence-corrected chi connectivity index (χ1v) is 12.9. The molecule has 1 aromatic rings. The average molecular weight is 417 g/mol. The topological polar surface area (TPSA) is 55.1 Å². The molecule has 0 spiro atoms. The molecule has 1 rings (SSSR count). The van der Waals surface area contributed by atoms with Crippen LogP contribution in [0.5, 0.6) is 0 Å². The van der Waals surface area contributed by atoms with E-state index in [-0.39, 0.29) is 0 Å². The van der Waals surface area contributed by atoms with Gasteiger partial charge in [0.25, 0.3) is 0 Å². The van der Waals surface area contributed by atoms with Crippen LogP contribution < -0.4 is 11.1 Å². The van der Waals surface area contributed by atoms with Gasteiger partial charge in [0.2, 0.25) is 0 Å². The summed E-state index contributed by atoms with van der Waals surface area (Å²) in [7, 11) is 0. The molecule has 0 bridgehead atoms. The lowest BCUT2D eigenvalue weighted by Gasteiger charge is -2.15. The maximum atomic E-state index is 11.5. The summed E-state index contributed by atoms with van der Waals surface area (Å²) in [5, 5.41) is 2.86. The molecule has 0 unspecified atom stereocenters. The van der Waals surface area contributed by atoms with Crippen LogP contribution in [-0.2, 0) is 12.8 Å². The van der Waals surface area contributed by atoms with Crippen LogP contribution in [0, 0.1) is 0 Å². The molecule has 0 radical (unpaired) electrons. The summed E-state index contributed by atoms with van der Waals surface area (Å²) in [4.78, 5) is 11.5. The number of nitrogens with two attached hydrogens (primary N) is 1. The maximum Gasteiger partial charge on any atom is 0.316 e. The molecule has 0 fully saturated rings. The second-order valence-corrected chi connectivity index (χ2v) is 8.88. The van der Waals surface area contributed by atoms with Crippen molar-refractivity contribution in [3.63, 3.8) is 0 Å². The van der Waals surface area contributed by atoms with Crippen molar-refractivity contribution in [1.29, 1.82) is 0 Å². The van der Waals surface area contributed by atoms with Gasteiger partial charge >= 0.3 is 6.03 Å². The first kappa shape index (κ1) is 26.5. The summed E-state index contributed by atoms with van der Waals surface area (Å²) in [6.45, 7) is 4.54. The van der Waals surface area contributed by atoms with Gasteiger partial charge in [0.15, 0.2) is 0 Å². The maximum absolute atomic E-state index is 11.5. The number of amides is 2. The van der Waals surface area contributed by atoms with E-state index in [1.165, 1.54) is 114 Å². The monoisotopic (exact) mass is 416 g/mol. The highest BCUT2D eigenvalue weighted by Crippen LogP contribution is 2.25. The molecule has 0 aromatic heterocycles. The molecule has 0 atom stereocenters. The van der Waals surface area contributed by atoms with Gasteiger partial charge in [0.05, 0.1) is 0 Å². The highest BCUT2D eigenvalue weighted by Gasteiger charge is 2.10. The summed E-state index contributed by atoms with van der Waals surface area (Å²) in [6, 6.07) is 5.84. The highest BCUT2D eigenvalue weighted by molar-refractivity contribution is 5.89. The fourth-order valence-corrected chi connectivity index (χ4v) is 4.30. The predicted molar refractivity (Wildman–Crippen MR) is 132 cm³/mol. The van der Waals surface area contributed by atoms with E-state index < -0.39 is 6.03 Å². The number of carbonyl (C=O) groups excluding carboxylic acids is 1. The van der Waals surface area contributed by atoms with Gasteiger partial charge in [-0.2, -0.15) is 0 Å². The van der Waals surface area contributed by atoms with Gasteiger partial charge in [-0.1, -0.05) is 116 Å². The number of urea groups is 1. The number of primary amides is 1. The number of aryl methyl sites for hydroxylation is 1. The molecular formula is C27H48N2O. The summed E-state index contributed by atoms with van der Waals surface area (Å²) in [5.74, 6) is 0. The van der Waals surface area contributed by atoms with E-state index >= 15 is 0 Å². The Bertz CT molecular complexity index is 556. The summed E-state index contributed by atoms with van der Waals surface area (Å²) < 4.78 is 0. The van der Waals surface area contributed by atoms with Gasteiger partial charge in [-0.15, -0.1) is 0 Å². The Balaban J connectivity index is 2.44. The zero-order valence-corrected chi connectivity index (χ0v) is 19.9. The highest BCUT2D eigenvalue weighted by atomic mass is 16.2. The van der Waals surface area contributed by atoms with Gasteiger partial charge < -0.3 is 11.1 Å². The SMILES string of the molecule is CCCCCCCCCCc1cccc(NC(N)=O)c1CCCCCCCCCC. The third-order valence-corrected chi connectivity index (χ3v) is 6.11. The smallest absolute Gasteiger partial charge is 0.316 e. The zero-order chi connectivity index (χ0) is 21.9. The van der Waals surface area contributed by atoms with Crippen LogP contribution in [0.4, 0.5) is 10.5 Å². The van der Waals surface area contributed by atoms with Crippen LogP contribution in [0.3, 0.4) is 0 Å². The van der Waals surface area contributed by atoms with E-state index in [1.807, 2.05) is 6.07 Å². The Morgan fingerprint density at radius 1 is 0.700 bits per heavy atom. The van der Waals surface area contributed by atoms with Crippen molar-refractivity contribution in [3.8, 4) is 0 Å². The quantitative estimate of drug-likeness (QED) is 0.218. The molecule has 2 amide bonds. The average Bonchev–Trinajstić information content (AvgIpc) is 2.73. The molecule has 0 aliphatic carbocycles. The van der Waals surface area contributed by atoms with Gasteiger partial charge in [-0.05, 0) is 42.9 Å². The van der Waals surface area contributed by atoms with Crippen molar-refractivity contribution in [3.05, 3.63) is 29.3 Å². The van der Waals surface area contributed by atoms with Crippen LogP contribution >= 0.6 is 0 Å². The minimum absolute atomic E-state index is 0.462. The van der Waals surface area contributed by atoms with E-state index in [4.69, 9.17) is 5.73 Å². The minimum atomic E-state index is -0.462. The number of unbranched alkanes of at least 4 members (excludes halogenated alkanes) is 14. The Morgan fingerprint density at radius 2 is 1.17 bits per heavy atom. The van der Waals surface area contributed by atoms with Crippen LogP contribution in [0.25, 0.3) is 0 Å². The van der Waals surface area contributed by atoms with Crippen LogP contribution in [-0.4, -0.2) is 6.03 Å². The van der Waals surface area contributed by atoms with Gasteiger partial charge in [-0.3, -0.25) is 0 Å². The minimum Gasteiger partial charge on any atom is -0.351 e. The van der Waals surface area contributed by atoms with Crippen LogP contribution in [0.2, 0.25) is 0 Å². The third-order valence-electron chi connectivity index (χ3n) is 6.11. The molecule has 3 heteroatoms. The molecule has 0 saturated carbocycles. The van der Waals surface area contributed by atoms with Gasteiger partial charge in [-0.25, -0.2) is 4.79 Å².